The molecule has 0 saturated heterocycles. The van der Waals surface area contributed by atoms with Gasteiger partial charge in [-0.2, -0.15) is 4.98 Å². The summed E-state index contributed by atoms with van der Waals surface area (Å²) in [6.45, 7) is 5.77. The Bertz CT molecular complexity index is 635. The number of aliphatic carboxylic acids is 1. The first-order chi connectivity index (χ1) is 9.91. The number of carboxylic acid groups (broad SMARTS) is 1. The Labute approximate surface area is 123 Å². The first-order valence-electron chi connectivity index (χ1n) is 6.90. The van der Waals surface area contributed by atoms with Gasteiger partial charge < -0.3 is 9.63 Å². The molecular weight excluding hydrogens is 270 g/mol. The summed E-state index contributed by atoms with van der Waals surface area (Å²) in [5.74, 6) is 0.0512. The predicted octanol–water partition coefficient (Wildman–Crippen LogP) is 2.74. The van der Waals surface area contributed by atoms with Crippen LogP contribution in [0.25, 0.3) is 11.5 Å². The van der Waals surface area contributed by atoms with Crippen LogP contribution in [0.5, 0.6) is 0 Å². The average Bonchev–Trinajstić information content (AvgIpc) is 2.84. The zero-order chi connectivity index (χ0) is 15.5. The highest BCUT2D eigenvalue weighted by Gasteiger charge is 2.25. The molecule has 2 rings (SSSR count). The topological polar surface area (TPSA) is 89.1 Å². The standard InChI is InChI=1S/C15H19N3O3/c1-4-10-6-5-7-16-13(10)14-17-11(21-18-14)8-15(2,3)9-12(19)20/h5-7H,4,8-9H2,1-3H3,(H,19,20). The second-order valence-corrected chi connectivity index (χ2v) is 5.79. The molecule has 0 atom stereocenters. The highest BCUT2D eigenvalue weighted by molar-refractivity contribution is 5.67. The number of carbonyl (C=O) groups is 1. The molecule has 2 aromatic rings. The van der Waals surface area contributed by atoms with Crippen molar-refractivity contribution >= 4 is 5.97 Å². The number of aryl methyl sites for hydroxylation is 1. The molecule has 6 heteroatoms. The first-order valence-corrected chi connectivity index (χ1v) is 6.90. The third kappa shape index (κ3) is 3.87. The lowest BCUT2D eigenvalue weighted by Crippen LogP contribution is -2.19. The molecule has 0 aromatic carbocycles. The summed E-state index contributed by atoms with van der Waals surface area (Å²) in [6, 6.07) is 3.85. The van der Waals surface area contributed by atoms with E-state index in [2.05, 4.69) is 15.1 Å². The lowest BCUT2D eigenvalue weighted by atomic mass is 9.86. The molecule has 0 aliphatic carbocycles. The van der Waals surface area contributed by atoms with Crippen molar-refractivity contribution in [2.24, 2.45) is 5.41 Å². The molecule has 0 radical (unpaired) electrons. The molecule has 2 aromatic heterocycles. The van der Waals surface area contributed by atoms with Crippen LogP contribution in [0, 0.1) is 5.41 Å². The van der Waals surface area contributed by atoms with Gasteiger partial charge in [0.1, 0.15) is 5.69 Å². The number of hydrogen-bond acceptors (Lipinski definition) is 5. The molecule has 112 valence electrons. The van der Waals surface area contributed by atoms with E-state index in [-0.39, 0.29) is 6.42 Å². The van der Waals surface area contributed by atoms with Crippen LogP contribution in [0.1, 0.15) is 38.6 Å². The number of nitrogens with zero attached hydrogens (tertiary/aromatic N) is 3. The van der Waals surface area contributed by atoms with Gasteiger partial charge >= 0.3 is 5.97 Å². The fourth-order valence-corrected chi connectivity index (χ4v) is 2.23. The summed E-state index contributed by atoms with van der Waals surface area (Å²) in [7, 11) is 0. The summed E-state index contributed by atoms with van der Waals surface area (Å²) in [6.07, 6.45) is 2.99. The monoisotopic (exact) mass is 289 g/mol. The minimum atomic E-state index is -0.835. The van der Waals surface area contributed by atoms with E-state index >= 15 is 0 Å². The molecule has 0 unspecified atom stereocenters. The Morgan fingerprint density at radius 1 is 1.43 bits per heavy atom. The molecule has 0 spiro atoms. The van der Waals surface area contributed by atoms with Crippen molar-refractivity contribution in [3.63, 3.8) is 0 Å². The van der Waals surface area contributed by atoms with Crippen LogP contribution < -0.4 is 0 Å². The van der Waals surface area contributed by atoms with Gasteiger partial charge in [0, 0.05) is 12.6 Å². The summed E-state index contributed by atoms with van der Waals surface area (Å²) in [5, 5.41) is 12.9. The van der Waals surface area contributed by atoms with E-state index in [0.717, 1.165) is 12.0 Å². The van der Waals surface area contributed by atoms with Crippen LogP contribution >= 0.6 is 0 Å². The summed E-state index contributed by atoms with van der Waals surface area (Å²) in [5.41, 5.74) is 1.33. The minimum Gasteiger partial charge on any atom is -0.481 e. The predicted molar refractivity (Wildman–Crippen MR) is 76.6 cm³/mol. The van der Waals surface area contributed by atoms with Gasteiger partial charge in [0.15, 0.2) is 0 Å². The Hall–Kier alpha value is -2.24. The molecular formula is C15H19N3O3. The zero-order valence-electron chi connectivity index (χ0n) is 12.5. The van der Waals surface area contributed by atoms with Gasteiger partial charge in [-0.15, -0.1) is 0 Å². The molecule has 0 amide bonds. The number of hydrogen-bond donors (Lipinski definition) is 1. The molecule has 6 nitrogen and oxygen atoms in total. The van der Waals surface area contributed by atoms with Crippen molar-refractivity contribution in [3.8, 4) is 11.5 Å². The maximum atomic E-state index is 10.8. The lowest BCUT2D eigenvalue weighted by Gasteiger charge is -2.19. The Balaban J connectivity index is 2.20. The van der Waals surface area contributed by atoms with Gasteiger partial charge in [0.05, 0.1) is 6.42 Å². The fraction of sp³-hybridized carbons (Fsp3) is 0.467. The largest absolute Gasteiger partial charge is 0.481 e. The number of aromatic nitrogens is 3. The highest BCUT2D eigenvalue weighted by atomic mass is 16.5. The molecule has 0 aliphatic heterocycles. The quantitative estimate of drug-likeness (QED) is 0.879. The smallest absolute Gasteiger partial charge is 0.303 e. The van der Waals surface area contributed by atoms with Crippen molar-refractivity contribution in [3.05, 3.63) is 29.8 Å². The van der Waals surface area contributed by atoms with E-state index in [1.165, 1.54) is 0 Å². The van der Waals surface area contributed by atoms with Gasteiger partial charge in [-0.05, 0) is 23.5 Å². The van der Waals surface area contributed by atoms with Crippen LogP contribution in [0.4, 0.5) is 0 Å². The van der Waals surface area contributed by atoms with Crippen molar-refractivity contribution in [1.82, 2.24) is 15.1 Å². The van der Waals surface area contributed by atoms with E-state index in [1.54, 1.807) is 6.20 Å². The minimum absolute atomic E-state index is 0.0501. The second-order valence-electron chi connectivity index (χ2n) is 5.79. The van der Waals surface area contributed by atoms with E-state index in [0.29, 0.717) is 23.8 Å². The van der Waals surface area contributed by atoms with Gasteiger partial charge in [0.2, 0.25) is 11.7 Å². The van der Waals surface area contributed by atoms with Crippen LogP contribution in [0.15, 0.2) is 22.9 Å². The maximum Gasteiger partial charge on any atom is 0.303 e. The van der Waals surface area contributed by atoms with Crippen LogP contribution in [-0.2, 0) is 17.6 Å². The van der Waals surface area contributed by atoms with Crippen molar-refractivity contribution in [1.29, 1.82) is 0 Å². The van der Waals surface area contributed by atoms with Crippen molar-refractivity contribution in [2.45, 2.75) is 40.0 Å². The number of carboxylic acids is 1. The second kappa shape index (κ2) is 6.03. The van der Waals surface area contributed by atoms with E-state index in [4.69, 9.17) is 9.63 Å². The van der Waals surface area contributed by atoms with E-state index in [1.807, 2.05) is 32.9 Å². The normalized spacial score (nSPS) is 11.6. The van der Waals surface area contributed by atoms with Gasteiger partial charge in [0.25, 0.3) is 0 Å². The third-order valence-corrected chi connectivity index (χ3v) is 3.21. The number of rotatable bonds is 6. The highest BCUT2D eigenvalue weighted by Crippen LogP contribution is 2.26. The van der Waals surface area contributed by atoms with Gasteiger partial charge in [-0.25, -0.2) is 0 Å². The molecule has 0 aliphatic rings. The maximum absolute atomic E-state index is 10.8. The summed E-state index contributed by atoms with van der Waals surface area (Å²) in [4.78, 5) is 19.5. The molecule has 1 N–H and O–H groups in total. The molecule has 0 bridgehead atoms. The molecule has 2 heterocycles. The van der Waals surface area contributed by atoms with E-state index < -0.39 is 11.4 Å². The van der Waals surface area contributed by atoms with Crippen molar-refractivity contribution in [2.75, 3.05) is 0 Å². The summed E-state index contributed by atoms with van der Waals surface area (Å²) >= 11 is 0. The average molecular weight is 289 g/mol. The number of pyridine rings is 1. The lowest BCUT2D eigenvalue weighted by molar-refractivity contribution is -0.139. The Kier molecular flexibility index (Phi) is 4.35. The molecule has 0 saturated carbocycles. The third-order valence-electron chi connectivity index (χ3n) is 3.21. The Morgan fingerprint density at radius 3 is 2.86 bits per heavy atom. The van der Waals surface area contributed by atoms with Gasteiger partial charge in [-0.1, -0.05) is 32.0 Å². The van der Waals surface area contributed by atoms with Crippen LogP contribution in [0.3, 0.4) is 0 Å². The van der Waals surface area contributed by atoms with Crippen LogP contribution in [-0.4, -0.2) is 26.2 Å². The van der Waals surface area contributed by atoms with Crippen molar-refractivity contribution < 1.29 is 14.4 Å². The van der Waals surface area contributed by atoms with Crippen LogP contribution in [0.2, 0.25) is 0 Å². The Morgan fingerprint density at radius 2 is 2.19 bits per heavy atom. The fourth-order valence-electron chi connectivity index (χ4n) is 2.23. The SMILES string of the molecule is CCc1cccnc1-c1noc(CC(C)(C)CC(=O)O)n1. The molecule has 0 fully saturated rings. The first kappa shape index (κ1) is 15.2. The summed E-state index contributed by atoms with van der Waals surface area (Å²) < 4.78 is 5.24. The molecule has 21 heavy (non-hydrogen) atoms. The van der Waals surface area contributed by atoms with E-state index in [9.17, 15) is 4.79 Å². The van der Waals surface area contributed by atoms with Gasteiger partial charge in [-0.3, -0.25) is 9.78 Å². The zero-order valence-corrected chi connectivity index (χ0v) is 12.5.